The van der Waals surface area contributed by atoms with E-state index < -0.39 is 0 Å². The van der Waals surface area contributed by atoms with Gasteiger partial charge in [0.1, 0.15) is 5.78 Å². The number of rotatable bonds is 5. The minimum atomic E-state index is -0.346. The van der Waals surface area contributed by atoms with Crippen LogP contribution in [0.15, 0.2) is 12.2 Å². The predicted octanol–water partition coefficient (Wildman–Crippen LogP) is 1.47. The van der Waals surface area contributed by atoms with E-state index in [2.05, 4.69) is 4.74 Å². The number of ketones is 1. The highest BCUT2D eigenvalue weighted by Gasteiger charge is 1.93. The molecule has 0 atom stereocenters. The zero-order chi connectivity index (χ0) is 9.40. The lowest BCUT2D eigenvalue weighted by Gasteiger charge is -1.93. The second kappa shape index (κ2) is 6.58. The van der Waals surface area contributed by atoms with Crippen LogP contribution in [-0.4, -0.2) is 18.4 Å². The Hall–Kier alpha value is -1.12. The molecular weight excluding hydrogens is 156 g/mol. The number of allylic oxidation sites excluding steroid dienone is 1. The van der Waals surface area contributed by atoms with E-state index in [1.165, 1.54) is 13.0 Å². The van der Waals surface area contributed by atoms with Crippen molar-refractivity contribution < 1.29 is 14.3 Å². The molecule has 0 heterocycles. The first-order chi connectivity index (χ1) is 5.66. The molecule has 0 unspecified atom stereocenters. The van der Waals surface area contributed by atoms with E-state index in [4.69, 9.17) is 0 Å². The molecule has 0 rings (SSSR count). The number of hydrogen-bond donors (Lipinski definition) is 0. The fourth-order valence-electron chi connectivity index (χ4n) is 0.657. The molecule has 0 saturated carbocycles. The summed E-state index contributed by atoms with van der Waals surface area (Å²) in [5.41, 5.74) is 0. The Morgan fingerprint density at radius 1 is 1.42 bits per heavy atom. The van der Waals surface area contributed by atoms with Gasteiger partial charge >= 0.3 is 5.97 Å². The van der Waals surface area contributed by atoms with Gasteiger partial charge in [-0.25, -0.2) is 4.79 Å². The van der Waals surface area contributed by atoms with Crippen molar-refractivity contribution >= 4 is 11.8 Å². The van der Waals surface area contributed by atoms with Gasteiger partial charge in [-0.05, 0) is 20.3 Å². The van der Waals surface area contributed by atoms with Crippen LogP contribution in [0.5, 0.6) is 0 Å². The van der Waals surface area contributed by atoms with Gasteiger partial charge in [0.2, 0.25) is 0 Å². The van der Waals surface area contributed by atoms with Gasteiger partial charge in [-0.3, -0.25) is 0 Å². The summed E-state index contributed by atoms with van der Waals surface area (Å²) in [7, 11) is 0. The van der Waals surface area contributed by atoms with Crippen molar-refractivity contribution in [2.75, 3.05) is 6.61 Å². The molecule has 3 nitrogen and oxygen atoms in total. The summed E-state index contributed by atoms with van der Waals surface area (Å²) in [5.74, 6) is -0.218. The number of esters is 1. The first-order valence-electron chi connectivity index (χ1n) is 3.99. The first kappa shape index (κ1) is 10.9. The van der Waals surface area contributed by atoms with E-state index in [9.17, 15) is 9.59 Å². The van der Waals surface area contributed by atoms with Crippen molar-refractivity contribution in [2.24, 2.45) is 0 Å². The minimum absolute atomic E-state index is 0.128. The molecule has 0 bridgehead atoms. The summed E-state index contributed by atoms with van der Waals surface area (Å²) in [6, 6.07) is 0. The second-order valence-corrected chi connectivity index (χ2v) is 2.40. The molecule has 0 aliphatic carbocycles. The summed E-state index contributed by atoms with van der Waals surface area (Å²) in [5, 5.41) is 0. The number of Topliss-reactive ketones (excluding diaryl/α,β-unsaturated/α-hetero) is 1. The van der Waals surface area contributed by atoms with E-state index in [0.29, 0.717) is 19.4 Å². The monoisotopic (exact) mass is 170 g/mol. The van der Waals surface area contributed by atoms with Gasteiger partial charge < -0.3 is 9.53 Å². The fourth-order valence-corrected chi connectivity index (χ4v) is 0.657. The van der Waals surface area contributed by atoms with Gasteiger partial charge in [0.25, 0.3) is 0 Å². The van der Waals surface area contributed by atoms with Gasteiger partial charge in [0.15, 0.2) is 0 Å². The van der Waals surface area contributed by atoms with Crippen molar-refractivity contribution in [2.45, 2.75) is 26.7 Å². The van der Waals surface area contributed by atoms with Gasteiger partial charge in [-0.2, -0.15) is 0 Å². The van der Waals surface area contributed by atoms with Gasteiger partial charge in [-0.15, -0.1) is 0 Å². The summed E-state index contributed by atoms with van der Waals surface area (Å²) >= 11 is 0. The van der Waals surface area contributed by atoms with Crippen molar-refractivity contribution in [3.8, 4) is 0 Å². The summed E-state index contributed by atoms with van der Waals surface area (Å²) < 4.78 is 4.64. The van der Waals surface area contributed by atoms with Crippen LogP contribution in [0.2, 0.25) is 0 Å². The molecule has 3 heteroatoms. The highest BCUT2D eigenvalue weighted by Crippen LogP contribution is 1.92. The minimum Gasteiger partial charge on any atom is -0.463 e. The molecule has 0 aliphatic rings. The molecule has 0 N–H and O–H groups in total. The molecule has 0 aromatic rings. The first-order valence-corrected chi connectivity index (χ1v) is 3.99. The molecule has 0 fully saturated rings. The highest BCUT2D eigenvalue weighted by molar-refractivity contribution is 5.82. The average molecular weight is 170 g/mol. The maximum Gasteiger partial charge on any atom is 0.330 e. The zero-order valence-corrected chi connectivity index (χ0v) is 7.50. The smallest absolute Gasteiger partial charge is 0.330 e. The second-order valence-electron chi connectivity index (χ2n) is 2.40. The standard InChI is InChI=1S/C9H14O3/c1-3-12-9(11)7-5-4-6-8(2)10/h5,7H,3-4,6H2,1-2H3/b7-5+. The van der Waals surface area contributed by atoms with Crippen LogP contribution in [0.4, 0.5) is 0 Å². The number of ether oxygens (including phenoxy) is 1. The lowest BCUT2D eigenvalue weighted by Crippen LogP contribution is -1.98. The maximum absolute atomic E-state index is 10.7. The fraction of sp³-hybridized carbons (Fsp3) is 0.556. The summed E-state index contributed by atoms with van der Waals surface area (Å²) in [4.78, 5) is 21.2. The largest absolute Gasteiger partial charge is 0.463 e. The molecule has 0 saturated heterocycles. The van der Waals surface area contributed by atoms with Crippen LogP contribution in [0.1, 0.15) is 26.7 Å². The maximum atomic E-state index is 10.7. The quantitative estimate of drug-likeness (QED) is 0.463. The third kappa shape index (κ3) is 6.99. The molecule has 12 heavy (non-hydrogen) atoms. The molecule has 0 aromatic heterocycles. The molecule has 0 spiro atoms. The Morgan fingerprint density at radius 3 is 2.58 bits per heavy atom. The Bertz CT molecular complexity index is 182. The van der Waals surface area contributed by atoms with Crippen LogP contribution >= 0.6 is 0 Å². The SMILES string of the molecule is CCOC(=O)/C=C/CCC(C)=O. The van der Waals surface area contributed by atoms with Crippen LogP contribution in [0, 0.1) is 0 Å². The highest BCUT2D eigenvalue weighted by atomic mass is 16.5. The van der Waals surface area contributed by atoms with E-state index in [0.717, 1.165) is 0 Å². The molecule has 68 valence electrons. The van der Waals surface area contributed by atoms with E-state index >= 15 is 0 Å². The summed E-state index contributed by atoms with van der Waals surface area (Å²) in [6.07, 6.45) is 4.09. The third-order valence-corrected chi connectivity index (χ3v) is 1.20. The van der Waals surface area contributed by atoms with Crippen molar-refractivity contribution in [3.05, 3.63) is 12.2 Å². The van der Waals surface area contributed by atoms with E-state index in [-0.39, 0.29) is 11.8 Å². The zero-order valence-electron chi connectivity index (χ0n) is 7.50. The predicted molar refractivity (Wildman–Crippen MR) is 45.7 cm³/mol. The molecule has 0 radical (unpaired) electrons. The number of carbonyl (C=O) groups excluding carboxylic acids is 2. The van der Waals surface area contributed by atoms with Crippen LogP contribution < -0.4 is 0 Å². The Balaban J connectivity index is 3.48. The lowest BCUT2D eigenvalue weighted by molar-refractivity contribution is -0.137. The van der Waals surface area contributed by atoms with Gasteiger partial charge in [0, 0.05) is 12.5 Å². The third-order valence-electron chi connectivity index (χ3n) is 1.20. The lowest BCUT2D eigenvalue weighted by atomic mass is 10.2. The number of hydrogen-bond acceptors (Lipinski definition) is 3. The van der Waals surface area contributed by atoms with Crippen molar-refractivity contribution in [1.29, 1.82) is 0 Å². The van der Waals surface area contributed by atoms with E-state index in [1.807, 2.05) is 0 Å². The van der Waals surface area contributed by atoms with E-state index in [1.54, 1.807) is 13.0 Å². The topological polar surface area (TPSA) is 43.4 Å². The van der Waals surface area contributed by atoms with Crippen molar-refractivity contribution in [3.63, 3.8) is 0 Å². The van der Waals surface area contributed by atoms with Crippen LogP contribution in [0.25, 0.3) is 0 Å². The molecule has 0 aliphatic heterocycles. The number of carbonyl (C=O) groups is 2. The van der Waals surface area contributed by atoms with Crippen molar-refractivity contribution in [1.82, 2.24) is 0 Å². The van der Waals surface area contributed by atoms with Crippen LogP contribution in [-0.2, 0) is 14.3 Å². The normalized spacial score (nSPS) is 10.2. The molecular formula is C9H14O3. The molecule has 0 amide bonds. The Morgan fingerprint density at radius 2 is 2.08 bits per heavy atom. The molecule has 0 aromatic carbocycles. The Labute approximate surface area is 72.4 Å². The summed E-state index contributed by atoms with van der Waals surface area (Å²) in [6.45, 7) is 3.66. The Kier molecular flexibility index (Phi) is 5.97. The van der Waals surface area contributed by atoms with Gasteiger partial charge in [-0.1, -0.05) is 6.08 Å². The van der Waals surface area contributed by atoms with Crippen LogP contribution in [0.3, 0.4) is 0 Å². The average Bonchev–Trinajstić information content (AvgIpc) is 1.98. The van der Waals surface area contributed by atoms with Gasteiger partial charge in [0.05, 0.1) is 6.61 Å².